The highest BCUT2D eigenvalue weighted by atomic mass is 28.3. The standard InChI is InChI=1S/C18H34OSi/c1-20(2)19-13-9-7-5-3-4-6-8-10-17-14-16-11-12-18(17)15-16/h11-12,16-18,20H,3-10,13-15H2,1-2H3. The fourth-order valence-electron chi connectivity index (χ4n) is 3.94. The van der Waals surface area contributed by atoms with Crippen molar-refractivity contribution in [1.82, 2.24) is 0 Å². The predicted octanol–water partition coefficient (Wildman–Crippen LogP) is 5.32. The lowest BCUT2D eigenvalue weighted by molar-refractivity contribution is 0.311. The van der Waals surface area contributed by atoms with Gasteiger partial charge in [0, 0.05) is 6.61 Å². The van der Waals surface area contributed by atoms with Gasteiger partial charge < -0.3 is 4.43 Å². The average molecular weight is 295 g/mol. The summed E-state index contributed by atoms with van der Waals surface area (Å²) in [4.78, 5) is 0. The molecule has 1 saturated carbocycles. The zero-order valence-corrected chi connectivity index (χ0v) is 14.8. The molecule has 0 aliphatic heterocycles. The van der Waals surface area contributed by atoms with Crippen molar-refractivity contribution < 1.29 is 4.43 Å². The minimum absolute atomic E-state index is 0.766. The van der Waals surface area contributed by atoms with Gasteiger partial charge in [-0.1, -0.05) is 50.7 Å². The van der Waals surface area contributed by atoms with E-state index in [0.29, 0.717) is 0 Å². The molecular formula is C18H34OSi. The van der Waals surface area contributed by atoms with Crippen LogP contribution in [-0.2, 0) is 4.43 Å². The largest absolute Gasteiger partial charge is 0.421 e. The molecule has 20 heavy (non-hydrogen) atoms. The van der Waals surface area contributed by atoms with Gasteiger partial charge in [0.2, 0.25) is 0 Å². The Labute approximate surface area is 127 Å². The first-order chi connectivity index (χ1) is 9.75. The molecule has 0 aromatic rings. The molecule has 1 fully saturated rings. The minimum atomic E-state index is -0.766. The zero-order chi connectivity index (χ0) is 14.2. The van der Waals surface area contributed by atoms with E-state index in [4.69, 9.17) is 4.43 Å². The lowest BCUT2D eigenvalue weighted by Crippen LogP contribution is -2.08. The average Bonchev–Trinajstić information content (AvgIpc) is 3.03. The maximum absolute atomic E-state index is 5.70. The van der Waals surface area contributed by atoms with Crippen LogP contribution in [0.2, 0.25) is 13.1 Å². The third kappa shape index (κ3) is 5.73. The molecule has 3 unspecified atom stereocenters. The van der Waals surface area contributed by atoms with Crippen molar-refractivity contribution in [2.45, 2.75) is 77.3 Å². The summed E-state index contributed by atoms with van der Waals surface area (Å²) >= 11 is 0. The molecule has 0 aromatic heterocycles. The topological polar surface area (TPSA) is 9.23 Å². The Morgan fingerprint density at radius 3 is 2.20 bits per heavy atom. The van der Waals surface area contributed by atoms with Crippen LogP contribution in [0.15, 0.2) is 12.2 Å². The summed E-state index contributed by atoms with van der Waals surface area (Å²) in [5.41, 5.74) is 0. The summed E-state index contributed by atoms with van der Waals surface area (Å²) in [7, 11) is -0.766. The van der Waals surface area contributed by atoms with Crippen LogP contribution in [0, 0.1) is 17.8 Å². The van der Waals surface area contributed by atoms with E-state index in [0.717, 1.165) is 24.4 Å². The number of fused-ring (bicyclic) bond motifs is 2. The molecule has 116 valence electrons. The van der Waals surface area contributed by atoms with Crippen LogP contribution in [0.1, 0.15) is 64.2 Å². The Balaban J connectivity index is 1.33. The van der Waals surface area contributed by atoms with Crippen LogP contribution in [0.3, 0.4) is 0 Å². The smallest absolute Gasteiger partial charge is 0.170 e. The van der Waals surface area contributed by atoms with Crippen LogP contribution < -0.4 is 0 Å². The molecule has 0 N–H and O–H groups in total. The number of hydrogen-bond donors (Lipinski definition) is 0. The molecule has 0 aromatic carbocycles. The van der Waals surface area contributed by atoms with Gasteiger partial charge in [-0.05, 0) is 56.5 Å². The molecule has 0 spiro atoms. The van der Waals surface area contributed by atoms with Crippen LogP contribution in [0.5, 0.6) is 0 Å². The summed E-state index contributed by atoms with van der Waals surface area (Å²) in [6.07, 6.45) is 19.3. The van der Waals surface area contributed by atoms with Gasteiger partial charge in [0.15, 0.2) is 9.04 Å². The van der Waals surface area contributed by atoms with E-state index in [1.807, 2.05) is 0 Å². The molecule has 0 heterocycles. The summed E-state index contributed by atoms with van der Waals surface area (Å²) in [6.45, 7) is 5.53. The first kappa shape index (κ1) is 16.3. The van der Waals surface area contributed by atoms with E-state index in [1.165, 1.54) is 64.2 Å². The molecule has 0 radical (unpaired) electrons. The van der Waals surface area contributed by atoms with Gasteiger partial charge in [-0.25, -0.2) is 0 Å². The van der Waals surface area contributed by atoms with Gasteiger partial charge in [-0.15, -0.1) is 0 Å². The Hall–Kier alpha value is -0.0831. The van der Waals surface area contributed by atoms with Crippen molar-refractivity contribution in [2.24, 2.45) is 17.8 Å². The maximum atomic E-state index is 5.70. The molecule has 2 aliphatic carbocycles. The van der Waals surface area contributed by atoms with E-state index in [-0.39, 0.29) is 0 Å². The predicted molar refractivity (Wildman–Crippen MR) is 90.6 cm³/mol. The lowest BCUT2D eigenvalue weighted by Gasteiger charge is -2.17. The highest BCUT2D eigenvalue weighted by Gasteiger charge is 2.34. The molecule has 2 heteroatoms. The van der Waals surface area contributed by atoms with Gasteiger partial charge in [0.05, 0.1) is 0 Å². The second-order valence-corrected chi connectivity index (χ2v) is 9.65. The van der Waals surface area contributed by atoms with Crippen molar-refractivity contribution in [3.63, 3.8) is 0 Å². The number of hydrogen-bond acceptors (Lipinski definition) is 1. The third-order valence-corrected chi connectivity index (χ3v) is 5.99. The number of unbranched alkanes of at least 4 members (excludes halogenated alkanes) is 6. The van der Waals surface area contributed by atoms with Gasteiger partial charge in [-0.2, -0.15) is 0 Å². The van der Waals surface area contributed by atoms with E-state index in [2.05, 4.69) is 25.2 Å². The second kappa shape index (κ2) is 9.04. The van der Waals surface area contributed by atoms with E-state index in [1.54, 1.807) is 0 Å². The maximum Gasteiger partial charge on any atom is 0.170 e. The fourth-order valence-corrected chi connectivity index (χ4v) is 4.58. The molecule has 2 aliphatic rings. The van der Waals surface area contributed by atoms with Crippen molar-refractivity contribution in [2.75, 3.05) is 6.61 Å². The first-order valence-corrected chi connectivity index (χ1v) is 11.8. The monoisotopic (exact) mass is 294 g/mol. The number of allylic oxidation sites excluding steroid dienone is 2. The number of rotatable bonds is 11. The normalized spacial score (nSPS) is 27.9. The van der Waals surface area contributed by atoms with Crippen molar-refractivity contribution >= 4 is 9.04 Å². The van der Waals surface area contributed by atoms with Crippen molar-refractivity contribution in [3.05, 3.63) is 12.2 Å². The summed E-state index contributed by atoms with van der Waals surface area (Å²) in [5, 5.41) is 0. The Kier molecular flexibility index (Phi) is 7.36. The molecule has 1 nitrogen and oxygen atoms in total. The molecule has 2 rings (SSSR count). The minimum Gasteiger partial charge on any atom is -0.421 e. The van der Waals surface area contributed by atoms with Gasteiger partial charge in [0.1, 0.15) is 0 Å². The molecule has 3 atom stereocenters. The third-order valence-electron chi connectivity index (χ3n) is 5.09. The van der Waals surface area contributed by atoms with Crippen LogP contribution in [-0.4, -0.2) is 15.6 Å². The van der Waals surface area contributed by atoms with E-state index < -0.39 is 9.04 Å². The molecule has 2 bridgehead atoms. The van der Waals surface area contributed by atoms with E-state index in [9.17, 15) is 0 Å². The zero-order valence-electron chi connectivity index (χ0n) is 13.7. The van der Waals surface area contributed by atoms with Crippen molar-refractivity contribution in [3.8, 4) is 0 Å². The van der Waals surface area contributed by atoms with Crippen LogP contribution in [0.25, 0.3) is 0 Å². The second-order valence-electron chi connectivity index (χ2n) is 7.22. The van der Waals surface area contributed by atoms with Crippen LogP contribution >= 0.6 is 0 Å². The fraction of sp³-hybridized carbons (Fsp3) is 0.889. The van der Waals surface area contributed by atoms with Gasteiger partial charge in [0.25, 0.3) is 0 Å². The van der Waals surface area contributed by atoms with E-state index >= 15 is 0 Å². The molecule has 0 amide bonds. The lowest BCUT2D eigenvalue weighted by atomic mass is 9.88. The summed E-state index contributed by atoms with van der Waals surface area (Å²) < 4.78 is 5.70. The Morgan fingerprint density at radius 1 is 0.900 bits per heavy atom. The van der Waals surface area contributed by atoms with Gasteiger partial charge >= 0.3 is 0 Å². The summed E-state index contributed by atoms with van der Waals surface area (Å²) in [6, 6.07) is 0. The van der Waals surface area contributed by atoms with Gasteiger partial charge in [-0.3, -0.25) is 0 Å². The Bertz CT molecular complexity index is 287. The molecule has 0 saturated heterocycles. The van der Waals surface area contributed by atoms with Crippen LogP contribution in [0.4, 0.5) is 0 Å². The SMILES string of the molecule is C[SiH](C)OCCCCCCCCCC1CC2C=CC1C2. The highest BCUT2D eigenvalue weighted by Crippen LogP contribution is 2.45. The highest BCUT2D eigenvalue weighted by molar-refractivity contribution is 6.48. The van der Waals surface area contributed by atoms with Crippen molar-refractivity contribution in [1.29, 1.82) is 0 Å². The summed E-state index contributed by atoms with van der Waals surface area (Å²) in [5.74, 6) is 2.97. The Morgan fingerprint density at radius 2 is 1.60 bits per heavy atom. The molecular weight excluding hydrogens is 260 g/mol. The first-order valence-electron chi connectivity index (χ1n) is 9.05. The quantitative estimate of drug-likeness (QED) is 0.285.